The van der Waals surface area contributed by atoms with Gasteiger partial charge in [-0.2, -0.15) is 11.3 Å². The molecule has 0 aliphatic carbocycles. The largest absolute Gasteiger partial charge is 0.504 e. The monoisotopic (exact) mass is 235 g/mol. The molecular formula is C12H13NO2S. The van der Waals surface area contributed by atoms with Gasteiger partial charge in [-0.3, -0.25) is 0 Å². The number of hydrogen-bond acceptors (Lipinski definition) is 4. The second kappa shape index (κ2) is 4.55. The molecule has 16 heavy (non-hydrogen) atoms. The third-order valence-corrected chi connectivity index (χ3v) is 3.17. The summed E-state index contributed by atoms with van der Waals surface area (Å²) in [5, 5.41) is 13.7. The Hall–Kier alpha value is -1.52. The predicted molar refractivity (Wildman–Crippen MR) is 65.0 cm³/mol. The molecule has 0 amide bonds. The van der Waals surface area contributed by atoms with Gasteiger partial charge in [0.2, 0.25) is 0 Å². The molecule has 1 aromatic heterocycles. The number of phenolic OH excluding ortho intramolecular Hbond substituents is 1. The van der Waals surface area contributed by atoms with Crippen molar-refractivity contribution in [2.75, 3.05) is 7.11 Å². The number of thiophene rings is 1. The molecule has 0 fully saturated rings. The molecule has 4 heteroatoms. The van der Waals surface area contributed by atoms with Crippen LogP contribution in [0.5, 0.6) is 11.5 Å². The summed E-state index contributed by atoms with van der Waals surface area (Å²) in [7, 11) is 1.52. The zero-order chi connectivity index (χ0) is 11.5. The Morgan fingerprint density at radius 3 is 2.69 bits per heavy atom. The molecule has 0 unspecified atom stereocenters. The number of nitrogens with two attached hydrogens (primary N) is 1. The van der Waals surface area contributed by atoms with Gasteiger partial charge >= 0.3 is 0 Å². The zero-order valence-electron chi connectivity index (χ0n) is 8.88. The lowest BCUT2D eigenvalue weighted by Crippen LogP contribution is -2.10. The van der Waals surface area contributed by atoms with Crippen molar-refractivity contribution in [1.82, 2.24) is 0 Å². The van der Waals surface area contributed by atoms with E-state index < -0.39 is 0 Å². The van der Waals surface area contributed by atoms with E-state index >= 15 is 0 Å². The summed E-state index contributed by atoms with van der Waals surface area (Å²) in [4.78, 5) is 0. The van der Waals surface area contributed by atoms with Gasteiger partial charge in [-0.1, -0.05) is 6.07 Å². The topological polar surface area (TPSA) is 55.5 Å². The second-order valence-corrected chi connectivity index (χ2v) is 4.25. The number of ether oxygens (including phenoxy) is 1. The molecule has 2 rings (SSSR count). The van der Waals surface area contributed by atoms with Crippen LogP contribution in [0.3, 0.4) is 0 Å². The van der Waals surface area contributed by atoms with Gasteiger partial charge in [0.05, 0.1) is 13.2 Å². The molecule has 1 heterocycles. The quantitative estimate of drug-likeness (QED) is 0.859. The summed E-state index contributed by atoms with van der Waals surface area (Å²) in [6, 6.07) is 7.00. The molecule has 0 spiro atoms. The minimum atomic E-state index is -0.206. The maximum atomic E-state index is 9.66. The SMILES string of the molecule is COc1ccc([C@@H](N)c2ccsc2)cc1O. The molecule has 0 saturated carbocycles. The van der Waals surface area contributed by atoms with Gasteiger partial charge in [0, 0.05) is 0 Å². The molecule has 2 aromatic rings. The van der Waals surface area contributed by atoms with Crippen molar-refractivity contribution in [2.24, 2.45) is 5.73 Å². The molecule has 0 radical (unpaired) electrons. The smallest absolute Gasteiger partial charge is 0.160 e. The average molecular weight is 235 g/mol. The first-order valence-electron chi connectivity index (χ1n) is 4.87. The van der Waals surface area contributed by atoms with Gasteiger partial charge in [-0.15, -0.1) is 0 Å². The first-order valence-corrected chi connectivity index (χ1v) is 5.81. The Labute approximate surface area is 98.1 Å². The molecule has 3 nitrogen and oxygen atoms in total. The highest BCUT2D eigenvalue weighted by Crippen LogP contribution is 2.30. The Balaban J connectivity index is 2.31. The first kappa shape index (κ1) is 11.0. The van der Waals surface area contributed by atoms with Crippen molar-refractivity contribution in [3.8, 4) is 11.5 Å². The third kappa shape index (κ3) is 2.03. The number of aromatic hydroxyl groups is 1. The lowest BCUT2D eigenvalue weighted by molar-refractivity contribution is 0.373. The van der Waals surface area contributed by atoms with Crippen molar-refractivity contribution in [1.29, 1.82) is 0 Å². The minimum Gasteiger partial charge on any atom is -0.504 e. The van der Waals surface area contributed by atoms with Gasteiger partial charge in [-0.05, 0) is 40.1 Å². The fourth-order valence-corrected chi connectivity index (χ4v) is 2.24. The normalized spacial score (nSPS) is 12.4. The van der Waals surface area contributed by atoms with E-state index in [1.54, 1.807) is 23.5 Å². The van der Waals surface area contributed by atoms with E-state index in [1.807, 2.05) is 22.9 Å². The van der Waals surface area contributed by atoms with Crippen LogP contribution in [0.2, 0.25) is 0 Å². The van der Waals surface area contributed by atoms with E-state index in [2.05, 4.69) is 0 Å². The Morgan fingerprint density at radius 2 is 2.12 bits per heavy atom. The highest BCUT2D eigenvalue weighted by atomic mass is 32.1. The number of phenols is 1. The molecule has 3 N–H and O–H groups in total. The Kier molecular flexibility index (Phi) is 3.12. The summed E-state index contributed by atoms with van der Waals surface area (Å²) in [6.07, 6.45) is 0. The molecule has 1 aromatic carbocycles. The fourth-order valence-electron chi connectivity index (χ4n) is 1.54. The van der Waals surface area contributed by atoms with Crippen LogP contribution in [0.1, 0.15) is 17.2 Å². The van der Waals surface area contributed by atoms with E-state index in [1.165, 1.54) is 7.11 Å². The Bertz CT molecular complexity index is 468. The minimum absolute atomic E-state index is 0.116. The zero-order valence-corrected chi connectivity index (χ0v) is 9.70. The van der Waals surface area contributed by atoms with Gasteiger partial charge in [0.1, 0.15) is 0 Å². The first-order chi connectivity index (χ1) is 7.72. The van der Waals surface area contributed by atoms with Crippen molar-refractivity contribution in [3.05, 3.63) is 46.2 Å². The van der Waals surface area contributed by atoms with Gasteiger partial charge in [-0.25, -0.2) is 0 Å². The van der Waals surface area contributed by atoms with Crippen LogP contribution in [-0.4, -0.2) is 12.2 Å². The van der Waals surface area contributed by atoms with E-state index in [0.717, 1.165) is 11.1 Å². The van der Waals surface area contributed by atoms with Crippen molar-refractivity contribution in [2.45, 2.75) is 6.04 Å². The third-order valence-electron chi connectivity index (χ3n) is 2.46. The average Bonchev–Trinajstić information content (AvgIpc) is 2.81. The number of benzene rings is 1. The lowest BCUT2D eigenvalue weighted by Gasteiger charge is -2.12. The van der Waals surface area contributed by atoms with Crippen LogP contribution in [0.25, 0.3) is 0 Å². The van der Waals surface area contributed by atoms with Crippen LogP contribution in [0, 0.1) is 0 Å². The number of hydrogen-bond donors (Lipinski definition) is 2. The number of methoxy groups -OCH3 is 1. The van der Waals surface area contributed by atoms with E-state index in [-0.39, 0.29) is 11.8 Å². The summed E-state index contributed by atoms with van der Waals surface area (Å²) < 4.78 is 4.98. The van der Waals surface area contributed by atoms with Gasteiger partial charge in [0.15, 0.2) is 11.5 Å². The highest BCUT2D eigenvalue weighted by molar-refractivity contribution is 7.08. The molecule has 0 saturated heterocycles. The van der Waals surface area contributed by atoms with E-state index in [0.29, 0.717) is 5.75 Å². The summed E-state index contributed by atoms with van der Waals surface area (Å²) in [5.74, 6) is 0.576. The lowest BCUT2D eigenvalue weighted by atomic mass is 10.0. The van der Waals surface area contributed by atoms with Gasteiger partial charge < -0.3 is 15.6 Å². The summed E-state index contributed by atoms with van der Waals surface area (Å²) >= 11 is 1.61. The molecule has 84 valence electrons. The van der Waals surface area contributed by atoms with Gasteiger partial charge in [0.25, 0.3) is 0 Å². The summed E-state index contributed by atoms with van der Waals surface area (Å²) in [5.41, 5.74) is 8.00. The molecule has 0 aliphatic rings. The molecule has 0 aliphatic heterocycles. The van der Waals surface area contributed by atoms with Crippen molar-refractivity contribution >= 4 is 11.3 Å². The van der Waals surface area contributed by atoms with Crippen LogP contribution < -0.4 is 10.5 Å². The fraction of sp³-hybridized carbons (Fsp3) is 0.167. The van der Waals surface area contributed by atoms with Crippen LogP contribution in [-0.2, 0) is 0 Å². The van der Waals surface area contributed by atoms with Crippen LogP contribution in [0.4, 0.5) is 0 Å². The predicted octanol–water partition coefficient (Wildman–Crippen LogP) is 2.51. The van der Waals surface area contributed by atoms with Crippen LogP contribution >= 0.6 is 11.3 Å². The van der Waals surface area contributed by atoms with Crippen molar-refractivity contribution in [3.63, 3.8) is 0 Å². The molecule has 0 bridgehead atoms. The standard InChI is InChI=1S/C12H13NO2S/c1-15-11-3-2-8(6-10(11)14)12(13)9-4-5-16-7-9/h2-7,12,14H,13H2,1H3/t12-/m1/s1. The van der Waals surface area contributed by atoms with Crippen LogP contribution in [0.15, 0.2) is 35.0 Å². The molecule has 1 atom stereocenters. The summed E-state index contributed by atoms with van der Waals surface area (Å²) in [6.45, 7) is 0. The highest BCUT2D eigenvalue weighted by Gasteiger charge is 2.11. The maximum absolute atomic E-state index is 9.66. The second-order valence-electron chi connectivity index (χ2n) is 3.47. The Morgan fingerprint density at radius 1 is 1.31 bits per heavy atom. The van der Waals surface area contributed by atoms with E-state index in [9.17, 15) is 5.11 Å². The van der Waals surface area contributed by atoms with Crippen molar-refractivity contribution < 1.29 is 9.84 Å². The maximum Gasteiger partial charge on any atom is 0.160 e. The number of rotatable bonds is 3. The van der Waals surface area contributed by atoms with E-state index in [4.69, 9.17) is 10.5 Å². The molecular weight excluding hydrogens is 222 g/mol.